The molecular formula is C19H21NO4. The van der Waals surface area contributed by atoms with Crippen molar-refractivity contribution in [3.8, 4) is 0 Å². The van der Waals surface area contributed by atoms with Gasteiger partial charge >= 0.3 is 5.97 Å². The number of ketones is 1. The van der Waals surface area contributed by atoms with E-state index < -0.39 is 0 Å². The second-order valence-corrected chi connectivity index (χ2v) is 6.21. The number of Topliss-reactive ketones (excluding diaryl/α,β-unsaturated/α-hetero) is 1. The summed E-state index contributed by atoms with van der Waals surface area (Å²) in [6, 6.07) is 6.95. The minimum Gasteiger partial charge on any atom is -0.457 e. The van der Waals surface area contributed by atoms with E-state index >= 15 is 0 Å². The molecule has 1 aliphatic carbocycles. The van der Waals surface area contributed by atoms with E-state index in [1.165, 1.54) is 0 Å². The molecule has 126 valence electrons. The molecule has 0 saturated carbocycles. The lowest BCUT2D eigenvalue weighted by atomic mass is 9.95. The first-order valence-electron chi connectivity index (χ1n) is 8.40. The van der Waals surface area contributed by atoms with E-state index in [9.17, 15) is 14.4 Å². The van der Waals surface area contributed by atoms with E-state index in [4.69, 9.17) is 4.74 Å². The summed E-state index contributed by atoms with van der Waals surface area (Å²) in [6.07, 6.45) is 7.75. The smallest absolute Gasteiger partial charge is 0.309 e. The third-order valence-electron chi connectivity index (χ3n) is 4.50. The fraction of sp³-hybridized carbons (Fsp3) is 0.421. The van der Waals surface area contributed by atoms with Crippen LogP contribution in [0.2, 0.25) is 0 Å². The number of hydrogen-bond donors (Lipinski definition) is 0. The molecular weight excluding hydrogens is 306 g/mol. The van der Waals surface area contributed by atoms with Gasteiger partial charge in [0.25, 0.3) is 0 Å². The molecule has 1 fully saturated rings. The summed E-state index contributed by atoms with van der Waals surface area (Å²) in [4.78, 5) is 37.8. The van der Waals surface area contributed by atoms with Crippen molar-refractivity contribution in [2.24, 2.45) is 5.92 Å². The molecule has 1 heterocycles. The highest BCUT2D eigenvalue weighted by molar-refractivity contribution is 6.01. The number of hydrogen-bond acceptors (Lipinski definition) is 4. The highest BCUT2D eigenvalue weighted by Gasteiger charge is 2.23. The van der Waals surface area contributed by atoms with Crippen LogP contribution in [0.3, 0.4) is 0 Å². The summed E-state index contributed by atoms with van der Waals surface area (Å²) in [5.74, 6) is -0.616. The van der Waals surface area contributed by atoms with Gasteiger partial charge < -0.3 is 9.64 Å². The highest BCUT2D eigenvalue weighted by atomic mass is 16.5. The Labute approximate surface area is 141 Å². The van der Waals surface area contributed by atoms with Gasteiger partial charge in [-0.15, -0.1) is 0 Å². The van der Waals surface area contributed by atoms with Crippen molar-refractivity contribution in [3.05, 3.63) is 42.0 Å². The molecule has 5 nitrogen and oxygen atoms in total. The van der Waals surface area contributed by atoms with Gasteiger partial charge in [-0.2, -0.15) is 0 Å². The van der Waals surface area contributed by atoms with Gasteiger partial charge in [0.05, 0.1) is 5.92 Å². The molecule has 2 aliphatic rings. The lowest BCUT2D eigenvalue weighted by Gasteiger charge is -2.17. The van der Waals surface area contributed by atoms with Gasteiger partial charge in [-0.05, 0) is 37.8 Å². The summed E-state index contributed by atoms with van der Waals surface area (Å²) in [7, 11) is 0. The van der Waals surface area contributed by atoms with Crippen molar-refractivity contribution in [1.82, 2.24) is 0 Å². The number of allylic oxidation sites excluding steroid dienone is 2. The summed E-state index contributed by atoms with van der Waals surface area (Å²) >= 11 is 0. The van der Waals surface area contributed by atoms with Crippen LogP contribution in [0.4, 0.5) is 5.69 Å². The molecule has 1 aromatic carbocycles. The minimum absolute atomic E-state index is 0.0800. The molecule has 5 heteroatoms. The standard InChI is InChI=1S/C19H21NO4/c21-17(13-24-19(23)14-6-2-1-3-7-14)15-8-4-9-16(12-15)20-11-5-10-18(20)22/h1-2,4,8-9,12,14H,3,5-7,10-11,13H2/t14-/m0/s1. The van der Waals surface area contributed by atoms with E-state index in [1.54, 1.807) is 23.1 Å². The molecule has 0 N–H and O–H groups in total. The Kier molecular flexibility index (Phi) is 5.08. The van der Waals surface area contributed by atoms with Crippen molar-refractivity contribution >= 4 is 23.3 Å². The maximum Gasteiger partial charge on any atom is 0.309 e. The summed E-state index contributed by atoms with van der Waals surface area (Å²) in [5, 5.41) is 0. The molecule has 3 rings (SSSR count). The number of rotatable bonds is 5. The fourth-order valence-corrected chi connectivity index (χ4v) is 3.11. The Morgan fingerprint density at radius 2 is 2.12 bits per heavy atom. The zero-order valence-corrected chi connectivity index (χ0v) is 13.6. The summed E-state index contributed by atoms with van der Waals surface area (Å²) in [6.45, 7) is 0.428. The number of ether oxygens (including phenoxy) is 1. The molecule has 1 amide bonds. The van der Waals surface area contributed by atoms with Crippen molar-refractivity contribution in [3.63, 3.8) is 0 Å². The van der Waals surface area contributed by atoms with Crippen molar-refractivity contribution < 1.29 is 19.1 Å². The number of benzene rings is 1. The molecule has 24 heavy (non-hydrogen) atoms. The predicted octanol–water partition coefficient (Wildman–Crippen LogP) is 2.90. The fourth-order valence-electron chi connectivity index (χ4n) is 3.11. The molecule has 0 aromatic heterocycles. The second-order valence-electron chi connectivity index (χ2n) is 6.21. The lowest BCUT2D eigenvalue weighted by Crippen LogP contribution is -2.24. The third-order valence-corrected chi connectivity index (χ3v) is 4.50. The highest BCUT2D eigenvalue weighted by Crippen LogP contribution is 2.23. The number of carbonyl (C=O) groups is 3. The van der Waals surface area contributed by atoms with Crippen LogP contribution >= 0.6 is 0 Å². The van der Waals surface area contributed by atoms with Crippen LogP contribution in [0.5, 0.6) is 0 Å². The maximum atomic E-state index is 12.3. The van der Waals surface area contributed by atoms with Crippen molar-refractivity contribution in [2.75, 3.05) is 18.1 Å². The Morgan fingerprint density at radius 3 is 2.83 bits per heavy atom. The van der Waals surface area contributed by atoms with Gasteiger partial charge in [-0.25, -0.2) is 0 Å². The number of anilines is 1. The largest absolute Gasteiger partial charge is 0.457 e. The predicted molar refractivity (Wildman–Crippen MR) is 89.8 cm³/mol. The monoisotopic (exact) mass is 327 g/mol. The van der Waals surface area contributed by atoms with Gasteiger partial charge in [0.1, 0.15) is 0 Å². The number of esters is 1. The lowest BCUT2D eigenvalue weighted by molar-refractivity contribution is -0.147. The third kappa shape index (κ3) is 3.72. The molecule has 1 atom stereocenters. The van der Waals surface area contributed by atoms with Crippen LogP contribution in [0, 0.1) is 5.92 Å². The quantitative estimate of drug-likeness (QED) is 0.474. The first kappa shape index (κ1) is 16.4. The first-order chi connectivity index (χ1) is 11.6. The van der Waals surface area contributed by atoms with E-state index in [-0.39, 0.29) is 30.2 Å². The van der Waals surface area contributed by atoms with Gasteiger partial charge in [-0.1, -0.05) is 24.3 Å². The van der Waals surface area contributed by atoms with Crippen LogP contribution in [-0.2, 0) is 14.3 Å². The van der Waals surface area contributed by atoms with Crippen molar-refractivity contribution in [2.45, 2.75) is 32.1 Å². The van der Waals surface area contributed by atoms with Crippen LogP contribution < -0.4 is 4.90 Å². The minimum atomic E-state index is -0.307. The topological polar surface area (TPSA) is 63.7 Å². The van der Waals surface area contributed by atoms with Gasteiger partial charge in [0, 0.05) is 24.2 Å². The molecule has 1 aromatic rings. The van der Waals surface area contributed by atoms with Gasteiger partial charge in [0.2, 0.25) is 5.91 Å². The Balaban J connectivity index is 1.59. The Morgan fingerprint density at radius 1 is 1.25 bits per heavy atom. The first-order valence-corrected chi connectivity index (χ1v) is 8.40. The molecule has 0 unspecified atom stereocenters. The van der Waals surface area contributed by atoms with Crippen LogP contribution in [0.1, 0.15) is 42.5 Å². The Hall–Kier alpha value is -2.43. The average Bonchev–Trinajstić information content (AvgIpc) is 3.06. The number of nitrogens with zero attached hydrogens (tertiary/aromatic N) is 1. The summed E-state index contributed by atoms with van der Waals surface area (Å²) < 4.78 is 5.18. The van der Waals surface area contributed by atoms with E-state index in [2.05, 4.69) is 6.08 Å². The van der Waals surface area contributed by atoms with Crippen LogP contribution in [-0.4, -0.2) is 30.8 Å². The number of amides is 1. The molecule has 0 bridgehead atoms. The van der Waals surface area contributed by atoms with Gasteiger partial charge in [0.15, 0.2) is 12.4 Å². The van der Waals surface area contributed by atoms with Crippen LogP contribution in [0.25, 0.3) is 0 Å². The normalized spacial score (nSPS) is 20.2. The average molecular weight is 327 g/mol. The maximum absolute atomic E-state index is 12.3. The molecule has 1 aliphatic heterocycles. The number of carbonyl (C=O) groups excluding carboxylic acids is 3. The second kappa shape index (κ2) is 7.43. The van der Waals surface area contributed by atoms with E-state index in [0.29, 0.717) is 24.9 Å². The van der Waals surface area contributed by atoms with Crippen LogP contribution in [0.15, 0.2) is 36.4 Å². The van der Waals surface area contributed by atoms with E-state index in [0.717, 1.165) is 24.9 Å². The SMILES string of the molecule is O=C(COC(=O)[C@H]1CC=CCC1)c1cccc(N2CCCC2=O)c1. The molecule has 1 saturated heterocycles. The molecule has 0 spiro atoms. The zero-order chi connectivity index (χ0) is 16.9. The van der Waals surface area contributed by atoms with Gasteiger partial charge in [-0.3, -0.25) is 14.4 Å². The van der Waals surface area contributed by atoms with E-state index in [1.807, 2.05) is 12.1 Å². The Bertz CT molecular complexity index is 680. The summed E-state index contributed by atoms with van der Waals surface area (Å²) in [5.41, 5.74) is 1.19. The van der Waals surface area contributed by atoms with Crippen molar-refractivity contribution in [1.29, 1.82) is 0 Å². The molecule has 0 radical (unpaired) electrons. The zero-order valence-electron chi connectivity index (χ0n) is 13.6.